The second-order valence-corrected chi connectivity index (χ2v) is 3.92. The van der Waals surface area contributed by atoms with Gasteiger partial charge < -0.3 is 14.9 Å². The van der Waals surface area contributed by atoms with E-state index in [4.69, 9.17) is 9.84 Å². The molecular weight excluding hydrogens is 252 g/mol. The summed E-state index contributed by atoms with van der Waals surface area (Å²) < 4.78 is 4.79. The molecule has 6 heteroatoms. The second kappa shape index (κ2) is 7.27. The van der Waals surface area contributed by atoms with E-state index in [1.807, 2.05) is 0 Å². The number of benzene rings is 1. The highest BCUT2D eigenvalue weighted by Crippen LogP contribution is 2.10. The predicted molar refractivity (Wildman–Crippen MR) is 64.6 cm³/mol. The third-order valence-electron chi connectivity index (χ3n) is 2.29. The Labute approximate surface area is 109 Å². The van der Waals surface area contributed by atoms with Gasteiger partial charge in [-0.2, -0.15) is 0 Å². The van der Waals surface area contributed by atoms with E-state index in [1.54, 1.807) is 18.2 Å². The molecule has 19 heavy (non-hydrogen) atoms. The number of hydrogen-bond acceptors (Lipinski definition) is 5. The summed E-state index contributed by atoms with van der Waals surface area (Å²) in [5.74, 6) is -2.79. The number of carboxylic acid groups (broad SMARTS) is 1. The Bertz CT molecular complexity index is 453. The third-order valence-corrected chi connectivity index (χ3v) is 2.29. The molecule has 1 atom stereocenters. The number of rotatable bonds is 7. The number of carbonyl (C=O) groups is 3. The Morgan fingerprint density at radius 1 is 1.16 bits per heavy atom. The van der Waals surface area contributed by atoms with Crippen LogP contribution in [0, 0.1) is 0 Å². The van der Waals surface area contributed by atoms with Crippen molar-refractivity contribution >= 4 is 17.7 Å². The summed E-state index contributed by atoms with van der Waals surface area (Å²) in [6, 6.07) is 8.07. The molecule has 0 spiro atoms. The van der Waals surface area contributed by atoms with Gasteiger partial charge in [-0.25, -0.2) is 4.79 Å². The molecule has 0 aliphatic rings. The first-order valence-electron chi connectivity index (χ1n) is 5.69. The van der Waals surface area contributed by atoms with Crippen LogP contribution in [0.5, 0.6) is 5.75 Å². The van der Waals surface area contributed by atoms with Crippen LogP contribution in [0.3, 0.4) is 0 Å². The van der Waals surface area contributed by atoms with Crippen LogP contribution in [-0.2, 0) is 14.4 Å². The van der Waals surface area contributed by atoms with Gasteiger partial charge in [0.15, 0.2) is 0 Å². The van der Waals surface area contributed by atoms with Crippen LogP contribution in [0.15, 0.2) is 30.3 Å². The fraction of sp³-hybridized carbons (Fsp3) is 0.308. The smallest absolute Gasteiger partial charge is 0.380 e. The van der Waals surface area contributed by atoms with Crippen molar-refractivity contribution in [1.82, 2.24) is 0 Å². The summed E-state index contributed by atoms with van der Waals surface area (Å²) in [7, 11) is 0. The molecule has 102 valence electrons. The highest BCUT2D eigenvalue weighted by atomic mass is 16.5. The number of ketones is 1. The summed E-state index contributed by atoms with van der Waals surface area (Å²) in [4.78, 5) is 33.1. The zero-order valence-corrected chi connectivity index (χ0v) is 10.1. The minimum absolute atomic E-state index is 0.0836. The van der Waals surface area contributed by atoms with Crippen molar-refractivity contribution in [2.45, 2.75) is 25.4 Å². The lowest BCUT2D eigenvalue weighted by molar-refractivity contribution is -0.148. The van der Waals surface area contributed by atoms with E-state index in [9.17, 15) is 19.5 Å². The number of esters is 1. The monoisotopic (exact) mass is 266 g/mol. The van der Waals surface area contributed by atoms with Gasteiger partial charge in [0.1, 0.15) is 5.75 Å². The topological polar surface area (TPSA) is 101 Å². The number of ether oxygens (including phenoxy) is 1. The van der Waals surface area contributed by atoms with Crippen molar-refractivity contribution in [3.8, 4) is 5.75 Å². The van der Waals surface area contributed by atoms with Crippen LogP contribution in [-0.4, -0.2) is 34.0 Å². The number of aliphatic hydroxyl groups is 1. The highest BCUT2D eigenvalue weighted by Gasteiger charge is 2.20. The zero-order valence-electron chi connectivity index (χ0n) is 10.1. The maximum Gasteiger partial charge on any atom is 0.380 e. The largest absolute Gasteiger partial charge is 0.481 e. The molecule has 0 bridgehead atoms. The quantitative estimate of drug-likeness (QED) is 0.429. The number of carbonyl (C=O) groups excluding carboxylic acids is 2. The summed E-state index contributed by atoms with van der Waals surface area (Å²) in [6.45, 7) is 0. The Morgan fingerprint density at radius 2 is 1.79 bits per heavy atom. The molecule has 2 N–H and O–H groups in total. The molecule has 0 saturated carbocycles. The van der Waals surface area contributed by atoms with Crippen molar-refractivity contribution < 1.29 is 29.3 Å². The van der Waals surface area contributed by atoms with E-state index < -0.39 is 30.2 Å². The molecular formula is C13H14O6. The molecule has 0 radical (unpaired) electrons. The maximum atomic E-state index is 11.4. The molecule has 1 aromatic carbocycles. The Kier molecular flexibility index (Phi) is 5.69. The van der Waals surface area contributed by atoms with Crippen molar-refractivity contribution in [2.75, 3.05) is 0 Å². The third kappa shape index (κ3) is 5.78. The van der Waals surface area contributed by atoms with Crippen LogP contribution in [0.4, 0.5) is 0 Å². The summed E-state index contributed by atoms with van der Waals surface area (Å²) in [5, 5.41) is 17.8. The highest BCUT2D eigenvalue weighted by molar-refractivity contribution is 6.34. The molecule has 0 fully saturated rings. The van der Waals surface area contributed by atoms with E-state index in [0.717, 1.165) is 0 Å². The minimum Gasteiger partial charge on any atom is -0.481 e. The lowest BCUT2D eigenvalue weighted by atomic mass is 10.1. The maximum absolute atomic E-state index is 11.4. The van der Waals surface area contributed by atoms with E-state index >= 15 is 0 Å². The Balaban J connectivity index is 2.40. The van der Waals surface area contributed by atoms with Gasteiger partial charge >= 0.3 is 11.9 Å². The van der Waals surface area contributed by atoms with Gasteiger partial charge in [0.05, 0.1) is 6.10 Å². The molecule has 1 aromatic rings. The minimum atomic E-state index is -1.16. The van der Waals surface area contributed by atoms with Crippen LogP contribution >= 0.6 is 0 Å². The lowest BCUT2D eigenvalue weighted by Gasteiger charge is -2.07. The SMILES string of the molecule is O=C(O)CC[C@@H](O)CC(=O)C(=O)Oc1ccccc1. The molecule has 0 saturated heterocycles. The first-order valence-corrected chi connectivity index (χ1v) is 5.69. The molecule has 0 aliphatic carbocycles. The molecule has 0 aromatic heterocycles. The number of para-hydroxylation sites is 1. The average Bonchev–Trinajstić information content (AvgIpc) is 2.37. The van der Waals surface area contributed by atoms with Crippen LogP contribution in [0.2, 0.25) is 0 Å². The van der Waals surface area contributed by atoms with Crippen LogP contribution in [0.25, 0.3) is 0 Å². The fourth-order valence-electron chi connectivity index (χ4n) is 1.34. The van der Waals surface area contributed by atoms with Crippen molar-refractivity contribution in [2.24, 2.45) is 0 Å². The van der Waals surface area contributed by atoms with E-state index in [1.165, 1.54) is 12.1 Å². The van der Waals surface area contributed by atoms with E-state index in [-0.39, 0.29) is 18.6 Å². The van der Waals surface area contributed by atoms with Gasteiger partial charge in [-0.3, -0.25) is 9.59 Å². The molecule has 0 aliphatic heterocycles. The summed E-state index contributed by atoms with van der Waals surface area (Å²) in [5.41, 5.74) is 0. The van der Waals surface area contributed by atoms with Crippen LogP contribution in [0.1, 0.15) is 19.3 Å². The standard InChI is InChI=1S/C13H14O6/c14-9(6-7-12(16)17)8-11(15)13(18)19-10-4-2-1-3-5-10/h1-5,9,14H,6-8H2,(H,16,17)/t9-/m1/s1. The van der Waals surface area contributed by atoms with Crippen molar-refractivity contribution in [1.29, 1.82) is 0 Å². The molecule has 0 amide bonds. The zero-order chi connectivity index (χ0) is 14.3. The molecule has 0 heterocycles. The van der Waals surface area contributed by atoms with E-state index in [2.05, 4.69) is 0 Å². The van der Waals surface area contributed by atoms with Crippen molar-refractivity contribution in [3.63, 3.8) is 0 Å². The first kappa shape index (κ1) is 14.8. The molecule has 6 nitrogen and oxygen atoms in total. The van der Waals surface area contributed by atoms with Crippen molar-refractivity contribution in [3.05, 3.63) is 30.3 Å². The van der Waals surface area contributed by atoms with Gasteiger partial charge in [-0.1, -0.05) is 18.2 Å². The summed E-state index contributed by atoms with van der Waals surface area (Å²) >= 11 is 0. The number of carboxylic acids is 1. The first-order chi connectivity index (χ1) is 8.99. The predicted octanol–water partition coefficient (Wildman–Crippen LogP) is 0.777. The number of hydrogen-bond donors (Lipinski definition) is 2. The number of Topliss-reactive ketones (excluding diaryl/α,β-unsaturated/α-hetero) is 1. The number of aliphatic hydroxyl groups excluding tert-OH is 1. The average molecular weight is 266 g/mol. The van der Waals surface area contributed by atoms with Crippen LogP contribution < -0.4 is 4.74 Å². The Hall–Kier alpha value is -2.21. The van der Waals surface area contributed by atoms with Gasteiger partial charge in [0.2, 0.25) is 5.78 Å². The van der Waals surface area contributed by atoms with Gasteiger partial charge in [0, 0.05) is 12.8 Å². The lowest BCUT2D eigenvalue weighted by Crippen LogP contribution is -2.25. The van der Waals surface area contributed by atoms with E-state index in [0.29, 0.717) is 0 Å². The molecule has 0 unspecified atom stereocenters. The Morgan fingerprint density at radius 3 is 2.37 bits per heavy atom. The second-order valence-electron chi connectivity index (χ2n) is 3.92. The van der Waals surface area contributed by atoms with Gasteiger partial charge in [-0.05, 0) is 18.6 Å². The number of aliphatic carboxylic acids is 1. The van der Waals surface area contributed by atoms with Gasteiger partial charge in [-0.15, -0.1) is 0 Å². The molecule has 1 rings (SSSR count). The fourth-order valence-corrected chi connectivity index (χ4v) is 1.34. The normalized spacial score (nSPS) is 11.6. The van der Waals surface area contributed by atoms with Gasteiger partial charge in [0.25, 0.3) is 0 Å². The summed E-state index contributed by atoms with van der Waals surface area (Å²) in [6.07, 6.45) is -1.95.